The number of carbonyl (C=O) groups is 2. The summed E-state index contributed by atoms with van der Waals surface area (Å²) in [4.78, 5) is 37.6. The highest BCUT2D eigenvalue weighted by molar-refractivity contribution is 9.10. The van der Waals surface area contributed by atoms with Gasteiger partial charge in [-0.1, -0.05) is 0 Å². The Bertz CT molecular complexity index is 746. The standard InChI is InChI=1S/C17H19BrN2O4/c1-19-8-13(18)14(7-15(19)21)24-10-4-2-9(3-5-10)20-16(22)11-6-12(11)17(20)23/h7-12H,2-6H2,1H3/t9-,10-,11?,12?. The zero-order valence-electron chi connectivity index (χ0n) is 13.4. The predicted octanol–water partition coefficient (Wildman–Crippen LogP) is 1.84. The molecule has 0 spiro atoms. The summed E-state index contributed by atoms with van der Waals surface area (Å²) < 4.78 is 8.20. The van der Waals surface area contributed by atoms with E-state index in [2.05, 4.69) is 15.9 Å². The normalized spacial score (nSPS) is 32.0. The average Bonchev–Trinajstić information content (AvgIpc) is 3.30. The van der Waals surface area contributed by atoms with Crippen LogP contribution in [0.3, 0.4) is 0 Å². The Morgan fingerprint density at radius 3 is 2.33 bits per heavy atom. The van der Waals surface area contributed by atoms with E-state index in [0.29, 0.717) is 5.75 Å². The molecule has 2 unspecified atom stereocenters. The molecule has 2 aliphatic carbocycles. The van der Waals surface area contributed by atoms with Crippen LogP contribution in [0.15, 0.2) is 21.5 Å². The Morgan fingerprint density at radius 2 is 1.71 bits per heavy atom. The maximum absolute atomic E-state index is 12.2. The number of hydrogen-bond donors (Lipinski definition) is 0. The average molecular weight is 395 g/mol. The molecule has 0 aromatic carbocycles. The zero-order chi connectivity index (χ0) is 17.0. The van der Waals surface area contributed by atoms with Crippen molar-refractivity contribution in [3.05, 3.63) is 27.1 Å². The highest BCUT2D eigenvalue weighted by Gasteiger charge is 2.60. The number of nitrogens with zero attached hydrogens (tertiary/aromatic N) is 2. The van der Waals surface area contributed by atoms with Crippen LogP contribution in [0, 0.1) is 11.8 Å². The molecule has 0 bridgehead atoms. The number of imide groups is 1. The maximum Gasteiger partial charge on any atom is 0.254 e. The Morgan fingerprint density at radius 1 is 1.08 bits per heavy atom. The summed E-state index contributed by atoms with van der Waals surface area (Å²) in [6, 6.07) is 1.50. The monoisotopic (exact) mass is 394 g/mol. The number of pyridine rings is 1. The van der Waals surface area contributed by atoms with E-state index >= 15 is 0 Å². The van der Waals surface area contributed by atoms with E-state index in [9.17, 15) is 14.4 Å². The quantitative estimate of drug-likeness (QED) is 0.733. The van der Waals surface area contributed by atoms with Gasteiger partial charge in [-0.15, -0.1) is 0 Å². The van der Waals surface area contributed by atoms with Crippen LogP contribution in [0.4, 0.5) is 0 Å². The second-order valence-electron chi connectivity index (χ2n) is 6.98. The lowest BCUT2D eigenvalue weighted by molar-refractivity contribution is -0.145. The van der Waals surface area contributed by atoms with Gasteiger partial charge in [0.15, 0.2) is 0 Å². The van der Waals surface area contributed by atoms with Crippen molar-refractivity contribution in [1.29, 1.82) is 0 Å². The molecular formula is C17H19BrN2O4. The first-order valence-corrected chi connectivity index (χ1v) is 9.14. The highest BCUT2D eigenvalue weighted by Crippen LogP contribution is 2.48. The molecule has 7 heteroatoms. The van der Waals surface area contributed by atoms with Crippen molar-refractivity contribution in [2.75, 3.05) is 0 Å². The minimum atomic E-state index is -0.116. The van der Waals surface area contributed by atoms with E-state index in [1.165, 1.54) is 15.5 Å². The first-order chi connectivity index (χ1) is 11.5. The number of likely N-dealkylation sites (tertiary alicyclic amines) is 1. The van der Waals surface area contributed by atoms with Crippen LogP contribution in [-0.2, 0) is 16.6 Å². The van der Waals surface area contributed by atoms with Gasteiger partial charge in [0.25, 0.3) is 5.56 Å². The summed E-state index contributed by atoms with van der Waals surface area (Å²) in [6.07, 6.45) is 5.54. The SMILES string of the molecule is Cn1cc(Br)c(O[C@H]2CC[C@H](N3C(=O)C4CC4C3=O)CC2)cc1=O. The molecule has 3 fully saturated rings. The van der Waals surface area contributed by atoms with Crippen LogP contribution in [0.2, 0.25) is 0 Å². The van der Waals surface area contributed by atoms with E-state index in [4.69, 9.17) is 4.74 Å². The molecule has 4 rings (SSSR count). The lowest BCUT2D eigenvalue weighted by Crippen LogP contribution is -2.45. The molecule has 6 nitrogen and oxygen atoms in total. The number of amides is 2. The van der Waals surface area contributed by atoms with Crippen LogP contribution in [0.1, 0.15) is 32.1 Å². The number of carbonyl (C=O) groups excluding carboxylic acids is 2. The fourth-order valence-electron chi connectivity index (χ4n) is 3.84. The Balaban J connectivity index is 1.38. The van der Waals surface area contributed by atoms with Crippen molar-refractivity contribution >= 4 is 27.7 Å². The van der Waals surface area contributed by atoms with E-state index < -0.39 is 0 Å². The molecule has 0 N–H and O–H groups in total. The predicted molar refractivity (Wildman–Crippen MR) is 89.5 cm³/mol. The third-order valence-electron chi connectivity index (χ3n) is 5.35. The van der Waals surface area contributed by atoms with Gasteiger partial charge >= 0.3 is 0 Å². The topological polar surface area (TPSA) is 68.6 Å². The van der Waals surface area contributed by atoms with Crippen LogP contribution in [0.5, 0.6) is 5.75 Å². The van der Waals surface area contributed by atoms with Crippen LogP contribution >= 0.6 is 15.9 Å². The van der Waals surface area contributed by atoms with E-state index in [1.54, 1.807) is 13.2 Å². The number of fused-ring (bicyclic) bond motifs is 1. The molecule has 1 aliphatic heterocycles. The third kappa shape index (κ3) is 2.59. The molecule has 128 valence electrons. The minimum absolute atomic E-state index is 0.00648. The molecule has 1 aromatic heterocycles. The molecule has 1 aromatic rings. The van der Waals surface area contributed by atoms with Crippen LogP contribution < -0.4 is 10.3 Å². The molecule has 3 aliphatic rings. The smallest absolute Gasteiger partial charge is 0.254 e. The number of piperidine rings is 1. The summed E-state index contributed by atoms with van der Waals surface area (Å²) in [5.41, 5.74) is -0.116. The molecular weight excluding hydrogens is 376 g/mol. The van der Waals surface area contributed by atoms with E-state index in [-0.39, 0.29) is 41.4 Å². The molecule has 24 heavy (non-hydrogen) atoms. The largest absolute Gasteiger partial charge is 0.489 e. The van der Waals surface area contributed by atoms with Crippen molar-refractivity contribution in [3.63, 3.8) is 0 Å². The number of hydrogen-bond acceptors (Lipinski definition) is 4. The Kier molecular flexibility index (Phi) is 3.78. The second-order valence-corrected chi connectivity index (χ2v) is 7.83. The fraction of sp³-hybridized carbons (Fsp3) is 0.588. The van der Waals surface area contributed by atoms with Crippen molar-refractivity contribution in [3.8, 4) is 5.75 Å². The number of aryl methyl sites for hydroxylation is 1. The summed E-state index contributed by atoms with van der Waals surface area (Å²) in [5.74, 6) is 0.564. The first-order valence-electron chi connectivity index (χ1n) is 8.35. The van der Waals surface area contributed by atoms with E-state index in [1.807, 2.05) is 0 Å². The van der Waals surface area contributed by atoms with Gasteiger partial charge in [-0.05, 0) is 48.0 Å². The van der Waals surface area contributed by atoms with Crippen LogP contribution in [-0.4, -0.2) is 33.4 Å². The minimum Gasteiger partial charge on any atom is -0.489 e. The molecule has 2 atom stereocenters. The van der Waals surface area contributed by atoms with Gasteiger partial charge in [-0.2, -0.15) is 0 Å². The van der Waals surface area contributed by atoms with Gasteiger partial charge in [-0.3, -0.25) is 19.3 Å². The number of ether oxygens (including phenoxy) is 1. The molecule has 2 saturated carbocycles. The zero-order valence-corrected chi connectivity index (χ0v) is 15.0. The van der Waals surface area contributed by atoms with Crippen molar-refractivity contribution in [1.82, 2.24) is 9.47 Å². The lowest BCUT2D eigenvalue weighted by atomic mass is 9.91. The molecule has 0 radical (unpaired) electrons. The Labute approximate surface area is 147 Å². The molecule has 1 saturated heterocycles. The van der Waals surface area contributed by atoms with Crippen molar-refractivity contribution in [2.45, 2.75) is 44.2 Å². The Hall–Kier alpha value is -1.63. The van der Waals surface area contributed by atoms with Crippen molar-refractivity contribution in [2.24, 2.45) is 18.9 Å². The van der Waals surface area contributed by atoms with Crippen LogP contribution in [0.25, 0.3) is 0 Å². The van der Waals surface area contributed by atoms with Gasteiger partial charge in [0.05, 0.1) is 22.4 Å². The summed E-state index contributed by atoms with van der Waals surface area (Å²) in [7, 11) is 1.69. The fourth-order valence-corrected chi connectivity index (χ4v) is 4.35. The first kappa shape index (κ1) is 15.9. The van der Waals surface area contributed by atoms with Gasteiger partial charge in [0.1, 0.15) is 5.75 Å². The van der Waals surface area contributed by atoms with Gasteiger partial charge in [0.2, 0.25) is 11.8 Å². The lowest BCUT2D eigenvalue weighted by Gasteiger charge is -2.34. The van der Waals surface area contributed by atoms with Gasteiger partial charge in [-0.25, -0.2) is 0 Å². The number of aromatic nitrogens is 1. The summed E-state index contributed by atoms with van der Waals surface area (Å²) >= 11 is 3.42. The number of rotatable bonds is 3. The summed E-state index contributed by atoms with van der Waals surface area (Å²) in [6.45, 7) is 0. The molecule has 2 amide bonds. The van der Waals surface area contributed by atoms with Crippen molar-refractivity contribution < 1.29 is 14.3 Å². The number of halogens is 1. The second kappa shape index (κ2) is 5.72. The van der Waals surface area contributed by atoms with E-state index in [0.717, 1.165) is 36.6 Å². The van der Waals surface area contributed by atoms with Gasteiger partial charge in [0, 0.05) is 25.4 Å². The third-order valence-corrected chi connectivity index (χ3v) is 5.94. The highest BCUT2D eigenvalue weighted by atomic mass is 79.9. The summed E-state index contributed by atoms with van der Waals surface area (Å²) in [5, 5.41) is 0. The van der Waals surface area contributed by atoms with Gasteiger partial charge < -0.3 is 9.30 Å². The molecule has 2 heterocycles. The maximum atomic E-state index is 12.2.